The fourth-order valence-corrected chi connectivity index (χ4v) is 2.00. The van der Waals surface area contributed by atoms with Crippen molar-refractivity contribution in [2.45, 2.75) is 13.5 Å². The first-order valence-electron chi connectivity index (χ1n) is 6.28. The maximum Gasteiger partial charge on any atom is 0.119 e. The summed E-state index contributed by atoms with van der Waals surface area (Å²) in [6.45, 7) is 3.94. The zero-order chi connectivity index (χ0) is 12.8. The van der Waals surface area contributed by atoms with E-state index in [0.717, 1.165) is 18.8 Å². The molecule has 0 amide bonds. The SMILES string of the molecule is CCNCc1cc(OC)ccc1-c1ccccc1. The predicted octanol–water partition coefficient (Wildman–Crippen LogP) is 3.47. The molecule has 0 saturated heterocycles. The third-order valence-electron chi connectivity index (χ3n) is 2.96. The van der Waals surface area contributed by atoms with Crippen molar-refractivity contribution in [1.29, 1.82) is 0 Å². The Morgan fingerprint density at radius 2 is 1.83 bits per heavy atom. The van der Waals surface area contributed by atoms with Gasteiger partial charge in [0.15, 0.2) is 0 Å². The van der Waals surface area contributed by atoms with E-state index in [4.69, 9.17) is 4.74 Å². The standard InChI is InChI=1S/C16H19NO/c1-3-17-12-14-11-15(18-2)9-10-16(14)13-7-5-4-6-8-13/h4-11,17H,3,12H2,1-2H3. The van der Waals surface area contributed by atoms with Gasteiger partial charge in [-0.1, -0.05) is 43.3 Å². The molecule has 2 rings (SSSR count). The lowest BCUT2D eigenvalue weighted by Gasteiger charge is -2.12. The molecule has 0 heterocycles. The lowest BCUT2D eigenvalue weighted by atomic mass is 9.99. The van der Waals surface area contributed by atoms with Gasteiger partial charge in [-0.3, -0.25) is 0 Å². The molecule has 2 aromatic carbocycles. The van der Waals surface area contributed by atoms with Crippen molar-refractivity contribution in [3.05, 3.63) is 54.1 Å². The number of nitrogens with one attached hydrogen (secondary N) is 1. The van der Waals surface area contributed by atoms with Crippen LogP contribution in [0.4, 0.5) is 0 Å². The van der Waals surface area contributed by atoms with Crippen molar-refractivity contribution in [3.8, 4) is 16.9 Å². The molecular formula is C16H19NO. The van der Waals surface area contributed by atoms with E-state index in [2.05, 4.69) is 48.6 Å². The molecule has 0 aliphatic heterocycles. The van der Waals surface area contributed by atoms with Crippen molar-refractivity contribution >= 4 is 0 Å². The minimum atomic E-state index is 0.859. The van der Waals surface area contributed by atoms with Crippen LogP contribution in [0.5, 0.6) is 5.75 Å². The largest absolute Gasteiger partial charge is 0.497 e. The number of hydrogen-bond acceptors (Lipinski definition) is 2. The van der Waals surface area contributed by atoms with Crippen LogP contribution in [0.3, 0.4) is 0 Å². The van der Waals surface area contributed by atoms with Crippen LogP contribution >= 0.6 is 0 Å². The summed E-state index contributed by atoms with van der Waals surface area (Å²) in [5.41, 5.74) is 3.77. The Morgan fingerprint density at radius 1 is 1.06 bits per heavy atom. The first-order valence-corrected chi connectivity index (χ1v) is 6.28. The van der Waals surface area contributed by atoms with Gasteiger partial charge in [0.25, 0.3) is 0 Å². The molecule has 18 heavy (non-hydrogen) atoms. The number of rotatable bonds is 5. The highest BCUT2D eigenvalue weighted by Gasteiger charge is 2.06. The summed E-state index contributed by atoms with van der Waals surface area (Å²) in [4.78, 5) is 0. The Kier molecular flexibility index (Phi) is 4.37. The van der Waals surface area contributed by atoms with Crippen LogP contribution in [0.15, 0.2) is 48.5 Å². The second-order valence-electron chi connectivity index (χ2n) is 4.17. The Labute approximate surface area is 109 Å². The van der Waals surface area contributed by atoms with E-state index in [1.807, 2.05) is 12.1 Å². The molecule has 2 heteroatoms. The van der Waals surface area contributed by atoms with Gasteiger partial charge in [0, 0.05) is 6.54 Å². The van der Waals surface area contributed by atoms with Crippen LogP contribution in [0, 0.1) is 0 Å². The number of methoxy groups -OCH3 is 1. The summed E-state index contributed by atoms with van der Waals surface area (Å²) in [6, 6.07) is 16.7. The van der Waals surface area contributed by atoms with Crippen molar-refractivity contribution < 1.29 is 4.74 Å². The lowest BCUT2D eigenvalue weighted by molar-refractivity contribution is 0.414. The summed E-state index contributed by atoms with van der Waals surface area (Å²) in [5.74, 6) is 0.905. The normalized spacial score (nSPS) is 10.3. The summed E-state index contributed by atoms with van der Waals surface area (Å²) in [6.07, 6.45) is 0. The summed E-state index contributed by atoms with van der Waals surface area (Å²) in [7, 11) is 1.70. The first kappa shape index (κ1) is 12.7. The van der Waals surface area contributed by atoms with Gasteiger partial charge in [-0.2, -0.15) is 0 Å². The molecule has 2 aromatic rings. The van der Waals surface area contributed by atoms with Gasteiger partial charge in [0.05, 0.1) is 7.11 Å². The third-order valence-corrected chi connectivity index (χ3v) is 2.96. The third kappa shape index (κ3) is 2.90. The van der Waals surface area contributed by atoms with Crippen LogP contribution in [0.1, 0.15) is 12.5 Å². The van der Waals surface area contributed by atoms with E-state index in [1.165, 1.54) is 16.7 Å². The molecule has 0 radical (unpaired) electrons. The van der Waals surface area contributed by atoms with Crippen LogP contribution in [0.2, 0.25) is 0 Å². The molecule has 0 aliphatic rings. The molecule has 0 fully saturated rings. The quantitative estimate of drug-likeness (QED) is 0.865. The fraction of sp³-hybridized carbons (Fsp3) is 0.250. The summed E-state index contributed by atoms with van der Waals surface area (Å²) in [5, 5.41) is 3.37. The van der Waals surface area contributed by atoms with Gasteiger partial charge >= 0.3 is 0 Å². The van der Waals surface area contributed by atoms with Gasteiger partial charge in [-0.05, 0) is 35.4 Å². The molecule has 1 N–H and O–H groups in total. The second kappa shape index (κ2) is 6.22. The van der Waals surface area contributed by atoms with Crippen LogP contribution in [-0.2, 0) is 6.54 Å². The van der Waals surface area contributed by atoms with Gasteiger partial charge in [0.1, 0.15) is 5.75 Å². The minimum absolute atomic E-state index is 0.859. The zero-order valence-corrected chi connectivity index (χ0v) is 10.9. The summed E-state index contributed by atoms with van der Waals surface area (Å²) < 4.78 is 5.30. The second-order valence-corrected chi connectivity index (χ2v) is 4.17. The van der Waals surface area contributed by atoms with E-state index >= 15 is 0 Å². The average molecular weight is 241 g/mol. The van der Waals surface area contributed by atoms with Gasteiger partial charge in [0.2, 0.25) is 0 Å². The Bertz CT molecular complexity index is 494. The topological polar surface area (TPSA) is 21.3 Å². The van der Waals surface area contributed by atoms with Crippen LogP contribution in [-0.4, -0.2) is 13.7 Å². The van der Waals surface area contributed by atoms with Crippen LogP contribution < -0.4 is 10.1 Å². The fourth-order valence-electron chi connectivity index (χ4n) is 2.00. The highest BCUT2D eigenvalue weighted by atomic mass is 16.5. The Morgan fingerprint density at radius 3 is 2.50 bits per heavy atom. The molecule has 0 saturated carbocycles. The van der Waals surface area contributed by atoms with E-state index in [1.54, 1.807) is 7.11 Å². The molecule has 0 spiro atoms. The maximum absolute atomic E-state index is 5.30. The molecule has 2 nitrogen and oxygen atoms in total. The first-order chi connectivity index (χ1) is 8.85. The van der Waals surface area contributed by atoms with Crippen molar-refractivity contribution in [1.82, 2.24) is 5.32 Å². The molecule has 0 aliphatic carbocycles. The van der Waals surface area contributed by atoms with Crippen molar-refractivity contribution in [3.63, 3.8) is 0 Å². The predicted molar refractivity (Wildman–Crippen MR) is 75.8 cm³/mol. The number of ether oxygens (including phenoxy) is 1. The molecular weight excluding hydrogens is 222 g/mol. The monoisotopic (exact) mass is 241 g/mol. The maximum atomic E-state index is 5.30. The van der Waals surface area contributed by atoms with Crippen molar-refractivity contribution in [2.24, 2.45) is 0 Å². The number of hydrogen-bond donors (Lipinski definition) is 1. The van der Waals surface area contributed by atoms with Crippen LogP contribution in [0.25, 0.3) is 11.1 Å². The Hall–Kier alpha value is -1.80. The average Bonchev–Trinajstić information content (AvgIpc) is 2.45. The van der Waals surface area contributed by atoms with E-state index in [0.29, 0.717) is 0 Å². The zero-order valence-electron chi connectivity index (χ0n) is 10.9. The molecule has 0 unspecified atom stereocenters. The van der Waals surface area contributed by atoms with Crippen molar-refractivity contribution in [2.75, 3.05) is 13.7 Å². The number of benzene rings is 2. The lowest BCUT2D eigenvalue weighted by Crippen LogP contribution is -2.12. The highest BCUT2D eigenvalue weighted by molar-refractivity contribution is 5.68. The molecule has 0 bridgehead atoms. The van der Waals surface area contributed by atoms with E-state index < -0.39 is 0 Å². The van der Waals surface area contributed by atoms with E-state index in [-0.39, 0.29) is 0 Å². The highest BCUT2D eigenvalue weighted by Crippen LogP contribution is 2.27. The smallest absolute Gasteiger partial charge is 0.119 e. The van der Waals surface area contributed by atoms with E-state index in [9.17, 15) is 0 Å². The minimum Gasteiger partial charge on any atom is -0.497 e. The Balaban J connectivity index is 2.39. The summed E-state index contributed by atoms with van der Waals surface area (Å²) >= 11 is 0. The van der Waals surface area contributed by atoms with Gasteiger partial charge in [-0.15, -0.1) is 0 Å². The van der Waals surface area contributed by atoms with Gasteiger partial charge < -0.3 is 10.1 Å². The van der Waals surface area contributed by atoms with Gasteiger partial charge in [-0.25, -0.2) is 0 Å². The molecule has 94 valence electrons. The molecule has 0 atom stereocenters. The molecule has 0 aromatic heterocycles.